The van der Waals surface area contributed by atoms with E-state index < -0.39 is 0 Å². The Bertz CT molecular complexity index is 307. The summed E-state index contributed by atoms with van der Waals surface area (Å²) < 4.78 is 0. The lowest BCUT2D eigenvalue weighted by Crippen LogP contribution is -2.47. The van der Waals surface area contributed by atoms with Gasteiger partial charge in [-0.25, -0.2) is 0 Å². The Balaban J connectivity index is 0.00000180. The second-order valence-corrected chi connectivity index (χ2v) is 6.40. The van der Waals surface area contributed by atoms with Crippen LogP contribution in [0.25, 0.3) is 0 Å². The van der Waals surface area contributed by atoms with Crippen LogP contribution in [0.15, 0.2) is 0 Å². The van der Waals surface area contributed by atoms with Crippen LogP contribution in [-0.4, -0.2) is 42.5 Å². The first-order valence-corrected chi connectivity index (χ1v) is 7.28. The predicted octanol–water partition coefficient (Wildman–Crippen LogP) is 1.53. The van der Waals surface area contributed by atoms with Gasteiger partial charge in [-0.1, -0.05) is 19.8 Å². The van der Waals surface area contributed by atoms with Crippen LogP contribution in [0.1, 0.15) is 46.0 Å². The van der Waals surface area contributed by atoms with Crippen molar-refractivity contribution in [2.45, 2.75) is 58.0 Å². The molecule has 4 nitrogen and oxygen atoms in total. The smallest absolute Gasteiger partial charge is 0.237 e. The average Bonchev–Trinajstić information content (AvgIpc) is 2.98. The molecule has 1 aliphatic heterocycles. The van der Waals surface area contributed by atoms with Crippen molar-refractivity contribution >= 4 is 18.3 Å². The maximum atomic E-state index is 12.2. The number of amides is 1. The minimum Gasteiger partial charge on any atom is -0.352 e. The Labute approximate surface area is 122 Å². The molecule has 1 heterocycles. The summed E-state index contributed by atoms with van der Waals surface area (Å²) in [4.78, 5) is 14.5. The van der Waals surface area contributed by atoms with E-state index in [1.165, 1.54) is 12.8 Å². The molecule has 0 radical (unpaired) electrons. The largest absolute Gasteiger partial charge is 0.352 e. The van der Waals surface area contributed by atoms with Crippen LogP contribution in [0.3, 0.4) is 0 Å². The van der Waals surface area contributed by atoms with Crippen molar-refractivity contribution in [3.63, 3.8) is 0 Å². The Morgan fingerprint density at radius 1 is 1.47 bits per heavy atom. The molecule has 0 aromatic rings. The molecule has 1 saturated heterocycles. The third-order valence-electron chi connectivity index (χ3n) is 4.71. The molecule has 1 aliphatic carbocycles. The molecule has 5 heteroatoms. The molecule has 2 aliphatic rings. The summed E-state index contributed by atoms with van der Waals surface area (Å²) in [7, 11) is 0. The van der Waals surface area contributed by atoms with E-state index in [0.29, 0.717) is 12.6 Å². The van der Waals surface area contributed by atoms with Crippen LogP contribution in [0.2, 0.25) is 0 Å². The average molecular weight is 290 g/mol. The number of nitrogens with two attached hydrogens (primary N) is 1. The molecule has 1 amide bonds. The van der Waals surface area contributed by atoms with Crippen molar-refractivity contribution in [1.29, 1.82) is 0 Å². The molecule has 0 spiro atoms. The maximum absolute atomic E-state index is 12.2. The van der Waals surface area contributed by atoms with Gasteiger partial charge in [-0.2, -0.15) is 0 Å². The fraction of sp³-hybridized carbons (Fsp3) is 0.929. The van der Waals surface area contributed by atoms with Gasteiger partial charge in [-0.15, -0.1) is 12.4 Å². The summed E-state index contributed by atoms with van der Waals surface area (Å²) >= 11 is 0. The van der Waals surface area contributed by atoms with E-state index >= 15 is 0 Å². The van der Waals surface area contributed by atoms with Gasteiger partial charge in [0.15, 0.2) is 0 Å². The van der Waals surface area contributed by atoms with Gasteiger partial charge in [-0.05, 0) is 44.7 Å². The number of nitrogens with one attached hydrogen (secondary N) is 1. The molecule has 2 unspecified atom stereocenters. The zero-order valence-electron chi connectivity index (χ0n) is 12.2. The van der Waals surface area contributed by atoms with E-state index in [2.05, 4.69) is 17.1 Å². The molecule has 2 rings (SSSR count). The molecule has 1 saturated carbocycles. The van der Waals surface area contributed by atoms with Crippen LogP contribution in [0, 0.1) is 5.41 Å². The number of nitrogens with zero attached hydrogens (tertiary/aromatic N) is 1. The summed E-state index contributed by atoms with van der Waals surface area (Å²) in [5, 5.41) is 3.19. The van der Waals surface area contributed by atoms with Crippen molar-refractivity contribution in [3.05, 3.63) is 0 Å². The standard InChI is InChI=1S/C14H27N3O.ClH/c1-11(13(18)16-12-5-3-4-6-12)17-8-7-14(2,9-15)10-17;/h11-12H,3-10,15H2,1-2H3,(H,16,18);1H. The normalized spacial score (nSPS) is 30.1. The molecule has 0 aromatic carbocycles. The minimum atomic E-state index is -0.0148. The van der Waals surface area contributed by atoms with E-state index in [4.69, 9.17) is 5.73 Å². The van der Waals surface area contributed by atoms with E-state index in [1.807, 2.05) is 6.92 Å². The monoisotopic (exact) mass is 289 g/mol. The SMILES string of the molecule is CC(C(=O)NC1CCCC1)N1CCC(C)(CN)C1.Cl. The van der Waals surface area contributed by atoms with Crippen molar-refractivity contribution in [1.82, 2.24) is 10.2 Å². The zero-order valence-corrected chi connectivity index (χ0v) is 13.0. The first-order chi connectivity index (χ1) is 8.54. The van der Waals surface area contributed by atoms with Gasteiger partial charge < -0.3 is 11.1 Å². The number of rotatable bonds is 4. The predicted molar refractivity (Wildman–Crippen MR) is 80.5 cm³/mol. The lowest BCUT2D eigenvalue weighted by molar-refractivity contribution is -0.126. The molecule has 3 N–H and O–H groups in total. The van der Waals surface area contributed by atoms with Gasteiger partial charge in [0.25, 0.3) is 0 Å². The van der Waals surface area contributed by atoms with Gasteiger partial charge in [-0.3, -0.25) is 9.69 Å². The topological polar surface area (TPSA) is 58.4 Å². The number of carbonyl (C=O) groups is 1. The summed E-state index contributed by atoms with van der Waals surface area (Å²) in [6.07, 6.45) is 5.92. The third kappa shape index (κ3) is 4.07. The zero-order chi connectivity index (χ0) is 13.2. The van der Waals surface area contributed by atoms with Gasteiger partial charge in [0.2, 0.25) is 5.91 Å². The molecule has 2 atom stereocenters. The van der Waals surface area contributed by atoms with Crippen LogP contribution in [0.5, 0.6) is 0 Å². The van der Waals surface area contributed by atoms with E-state index in [-0.39, 0.29) is 29.8 Å². The molecular formula is C14H28ClN3O. The minimum absolute atomic E-state index is 0. The van der Waals surface area contributed by atoms with Crippen molar-refractivity contribution in [2.75, 3.05) is 19.6 Å². The first kappa shape index (κ1) is 16.7. The molecular weight excluding hydrogens is 262 g/mol. The Morgan fingerprint density at radius 3 is 2.63 bits per heavy atom. The highest BCUT2D eigenvalue weighted by Gasteiger charge is 2.36. The van der Waals surface area contributed by atoms with Crippen molar-refractivity contribution in [2.24, 2.45) is 11.1 Å². The summed E-state index contributed by atoms with van der Waals surface area (Å²) in [6, 6.07) is 0.405. The number of carbonyl (C=O) groups excluding carboxylic acids is 1. The molecule has 0 aromatic heterocycles. The highest BCUT2D eigenvalue weighted by Crippen LogP contribution is 2.29. The Morgan fingerprint density at radius 2 is 2.11 bits per heavy atom. The van der Waals surface area contributed by atoms with Crippen molar-refractivity contribution in [3.8, 4) is 0 Å². The highest BCUT2D eigenvalue weighted by atomic mass is 35.5. The molecule has 112 valence electrons. The highest BCUT2D eigenvalue weighted by molar-refractivity contribution is 5.85. The van der Waals surface area contributed by atoms with Gasteiger partial charge in [0.1, 0.15) is 0 Å². The number of likely N-dealkylation sites (tertiary alicyclic amines) is 1. The number of halogens is 1. The van der Waals surface area contributed by atoms with Crippen LogP contribution < -0.4 is 11.1 Å². The Hall–Kier alpha value is -0.320. The van der Waals surface area contributed by atoms with Gasteiger partial charge >= 0.3 is 0 Å². The van der Waals surface area contributed by atoms with Gasteiger partial charge in [0, 0.05) is 12.6 Å². The number of hydrogen-bond donors (Lipinski definition) is 2. The summed E-state index contributed by atoms with van der Waals surface area (Å²) in [6.45, 7) is 6.89. The van der Waals surface area contributed by atoms with Crippen LogP contribution in [0.4, 0.5) is 0 Å². The van der Waals surface area contributed by atoms with E-state index in [1.54, 1.807) is 0 Å². The maximum Gasteiger partial charge on any atom is 0.237 e. The third-order valence-corrected chi connectivity index (χ3v) is 4.71. The second kappa shape index (κ2) is 6.91. The number of hydrogen-bond acceptors (Lipinski definition) is 3. The summed E-state index contributed by atoms with van der Waals surface area (Å²) in [5.74, 6) is 0.197. The van der Waals surface area contributed by atoms with Gasteiger partial charge in [0.05, 0.1) is 6.04 Å². The summed E-state index contributed by atoms with van der Waals surface area (Å²) in [5.41, 5.74) is 6.01. The van der Waals surface area contributed by atoms with Crippen molar-refractivity contribution < 1.29 is 4.79 Å². The quantitative estimate of drug-likeness (QED) is 0.825. The van der Waals surface area contributed by atoms with E-state index in [9.17, 15) is 4.79 Å². The molecule has 19 heavy (non-hydrogen) atoms. The van der Waals surface area contributed by atoms with Crippen LogP contribution >= 0.6 is 12.4 Å². The van der Waals surface area contributed by atoms with E-state index in [0.717, 1.165) is 32.4 Å². The first-order valence-electron chi connectivity index (χ1n) is 7.28. The van der Waals surface area contributed by atoms with Crippen LogP contribution in [-0.2, 0) is 4.79 Å². The Kier molecular flexibility index (Phi) is 6.09. The molecule has 2 fully saturated rings. The fourth-order valence-corrected chi connectivity index (χ4v) is 3.12. The lowest BCUT2D eigenvalue weighted by Gasteiger charge is -2.27. The fourth-order valence-electron chi connectivity index (χ4n) is 3.12. The second-order valence-electron chi connectivity index (χ2n) is 6.40. The molecule has 0 bridgehead atoms. The lowest BCUT2D eigenvalue weighted by atomic mass is 9.90.